The second-order valence-electron chi connectivity index (χ2n) is 6.32. The van der Waals surface area contributed by atoms with E-state index in [1.807, 2.05) is 0 Å². The predicted octanol–water partition coefficient (Wildman–Crippen LogP) is 3.18. The highest BCUT2D eigenvalue weighted by Crippen LogP contribution is 2.26. The molecule has 0 unspecified atom stereocenters. The first-order valence-electron chi connectivity index (χ1n) is 8.30. The highest BCUT2D eigenvalue weighted by Gasteiger charge is 2.17. The zero-order chi connectivity index (χ0) is 15.4. The maximum absolute atomic E-state index is 5.16. The molecule has 0 radical (unpaired) electrons. The van der Waals surface area contributed by atoms with Crippen molar-refractivity contribution in [1.29, 1.82) is 0 Å². The number of hydrogen-bond donors (Lipinski definition) is 1. The number of fused-ring (bicyclic) bond motifs is 1. The van der Waals surface area contributed by atoms with Crippen LogP contribution in [0.4, 0.5) is 5.69 Å². The molecule has 1 aliphatic heterocycles. The van der Waals surface area contributed by atoms with Gasteiger partial charge in [-0.2, -0.15) is 0 Å². The maximum Gasteiger partial charge on any atom is 0.0501 e. The van der Waals surface area contributed by atoms with Crippen LogP contribution in [0.2, 0.25) is 0 Å². The van der Waals surface area contributed by atoms with Gasteiger partial charge in [0, 0.05) is 43.6 Å². The lowest BCUT2D eigenvalue weighted by molar-refractivity contribution is 0.190. The minimum absolute atomic E-state index is 0.596. The Bertz CT molecular complexity index is 599. The summed E-state index contributed by atoms with van der Waals surface area (Å²) in [6, 6.07) is 9.41. The van der Waals surface area contributed by atoms with Crippen molar-refractivity contribution in [2.24, 2.45) is 0 Å². The average Bonchev–Trinajstić information content (AvgIpc) is 2.94. The normalized spacial score (nSPS) is 17.2. The second-order valence-corrected chi connectivity index (χ2v) is 6.32. The van der Waals surface area contributed by atoms with Crippen LogP contribution < -0.4 is 5.32 Å². The molecule has 3 rings (SSSR count). The van der Waals surface area contributed by atoms with E-state index in [9.17, 15) is 0 Å². The summed E-state index contributed by atoms with van der Waals surface area (Å²) in [5.74, 6) is 0. The standard InChI is InChI=1S/C18H27N3O/c1-20-11-7-15(8-12-20)19-17-5-3-6-18-16(17)9-13-21(18)10-4-14-22-2/h3,5-6,9,13,15,19H,4,7-8,10-12,14H2,1-2H3. The van der Waals surface area contributed by atoms with Gasteiger partial charge in [0.1, 0.15) is 0 Å². The van der Waals surface area contributed by atoms with E-state index in [-0.39, 0.29) is 0 Å². The van der Waals surface area contributed by atoms with Gasteiger partial charge in [0.2, 0.25) is 0 Å². The van der Waals surface area contributed by atoms with Crippen molar-refractivity contribution in [2.45, 2.75) is 31.8 Å². The molecule has 22 heavy (non-hydrogen) atoms. The van der Waals surface area contributed by atoms with Crippen LogP contribution in [0.3, 0.4) is 0 Å². The predicted molar refractivity (Wildman–Crippen MR) is 92.6 cm³/mol. The van der Waals surface area contributed by atoms with Crippen molar-refractivity contribution >= 4 is 16.6 Å². The zero-order valence-corrected chi connectivity index (χ0v) is 13.7. The Morgan fingerprint density at radius 1 is 1.23 bits per heavy atom. The molecule has 1 saturated heterocycles. The lowest BCUT2D eigenvalue weighted by Crippen LogP contribution is -2.36. The Morgan fingerprint density at radius 2 is 2.05 bits per heavy atom. The number of ether oxygens (including phenoxy) is 1. The van der Waals surface area contributed by atoms with Crippen LogP contribution in [-0.2, 0) is 11.3 Å². The molecule has 2 heterocycles. The van der Waals surface area contributed by atoms with Gasteiger partial charge in [-0.15, -0.1) is 0 Å². The number of methoxy groups -OCH3 is 1. The summed E-state index contributed by atoms with van der Waals surface area (Å²) in [5, 5.41) is 5.09. The van der Waals surface area contributed by atoms with Crippen LogP contribution in [0.25, 0.3) is 10.9 Å². The van der Waals surface area contributed by atoms with E-state index in [1.165, 1.54) is 42.5 Å². The highest BCUT2D eigenvalue weighted by atomic mass is 16.5. The van der Waals surface area contributed by atoms with E-state index in [4.69, 9.17) is 4.74 Å². The third kappa shape index (κ3) is 3.45. The van der Waals surface area contributed by atoms with Gasteiger partial charge in [-0.1, -0.05) is 6.07 Å². The van der Waals surface area contributed by atoms with E-state index >= 15 is 0 Å². The Kier molecular flexibility index (Phi) is 5.01. The number of anilines is 1. The van der Waals surface area contributed by atoms with Crippen molar-refractivity contribution in [3.8, 4) is 0 Å². The molecule has 0 aliphatic carbocycles. The molecule has 4 heteroatoms. The molecule has 1 N–H and O–H groups in total. The van der Waals surface area contributed by atoms with E-state index < -0.39 is 0 Å². The van der Waals surface area contributed by atoms with E-state index in [0.29, 0.717) is 6.04 Å². The molecule has 0 bridgehead atoms. The van der Waals surface area contributed by atoms with Crippen molar-refractivity contribution in [1.82, 2.24) is 9.47 Å². The molecule has 4 nitrogen and oxygen atoms in total. The molecular formula is C18H27N3O. The average molecular weight is 301 g/mol. The first-order valence-corrected chi connectivity index (χ1v) is 8.30. The minimum Gasteiger partial charge on any atom is -0.385 e. The molecule has 1 aromatic carbocycles. The van der Waals surface area contributed by atoms with Crippen molar-refractivity contribution < 1.29 is 4.74 Å². The fourth-order valence-corrected chi connectivity index (χ4v) is 3.30. The van der Waals surface area contributed by atoms with Crippen molar-refractivity contribution in [2.75, 3.05) is 39.2 Å². The molecule has 0 amide bonds. The smallest absolute Gasteiger partial charge is 0.0501 e. The van der Waals surface area contributed by atoms with Gasteiger partial charge in [-0.3, -0.25) is 0 Å². The quantitative estimate of drug-likeness (QED) is 0.831. The lowest BCUT2D eigenvalue weighted by Gasteiger charge is -2.30. The zero-order valence-electron chi connectivity index (χ0n) is 13.7. The van der Waals surface area contributed by atoms with E-state index in [0.717, 1.165) is 19.6 Å². The molecule has 0 saturated carbocycles. The Labute approximate surface area is 133 Å². The van der Waals surface area contributed by atoms with Crippen LogP contribution in [0.15, 0.2) is 30.5 Å². The number of piperidine rings is 1. The third-order valence-electron chi connectivity index (χ3n) is 4.64. The van der Waals surface area contributed by atoms with E-state index in [2.05, 4.69) is 52.3 Å². The molecule has 0 atom stereocenters. The van der Waals surface area contributed by atoms with Crippen molar-refractivity contribution in [3.05, 3.63) is 30.5 Å². The van der Waals surface area contributed by atoms with Crippen LogP contribution in [0.5, 0.6) is 0 Å². The fraction of sp³-hybridized carbons (Fsp3) is 0.556. The Balaban J connectivity index is 1.73. The summed E-state index contributed by atoms with van der Waals surface area (Å²) < 4.78 is 7.48. The second kappa shape index (κ2) is 7.16. The van der Waals surface area contributed by atoms with Gasteiger partial charge in [-0.05, 0) is 57.6 Å². The number of rotatable bonds is 6. The number of aryl methyl sites for hydroxylation is 1. The summed E-state index contributed by atoms with van der Waals surface area (Å²) in [6.45, 7) is 4.19. The molecule has 120 valence electrons. The van der Waals surface area contributed by atoms with Crippen LogP contribution in [0.1, 0.15) is 19.3 Å². The maximum atomic E-state index is 5.16. The van der Waals surface area contributed by atoms with Gasteiger partial charge in [-0.25, -0.2) is 0 Å². The molecule has 0 spiro atoms. The third-order valence-corrected chi connectivity index (χ3v) is 4.64. The first-order chi connectivity index (χ1) is 10.8. The van der Waals surface area contributed by atoms with Gasteiger partial charge in [0.25, 0.3) is 0 Å². The van der Waals surface area contributed by atoms with Gasteiger partial charge in [0.15, 0.2) is 0 Å². The monoisotopic (exact) mass is 301 g/mol. The first kappa shape index (κ1) is 15.4. The Hall–Kier alpha value is -1.52. The summed E-state index contributed by atoms with van der Waals surface area (Å²) in [5.41, 5.74) is 2.59. The molecule has 1 aromatic heterocycles. The van der Waals surface area contributed by atoms with Gasteiger partial charge in [0.05, 0.1) is 5.52 Å². The summed E-state index contributed by atoms with van der Waals surface area (Å²) >= 11 is 0. The lowest BCUT2D eigenvalue weighted by atomic mass is 10.0. The molecule has 1 aliphatic rings. The van der Waals surface area contributed by atoms with Crippen LogP contribution in [-0.4, -0.2) is 49.4 Å². The topological polar surface area (TPSA) is 29.4 Å². The SMILES string of the molecule is COCCCn1ccc2c(NC3CCN(C)CC3)cccc21. The number of nitrogens with zero attached hydrogens (tertiary/aromatic N) is 2. The number of nitrogens with one attached hydrogen (secondary N) is 1. The largest absolute Gasteiger partial charge is 0.385 e. The number of benzene rings is 1. The molecule has 2 aromatic rings. The molecular weight excluding hydrogens is 274 g/mol. The van der Waals surface area contributed by atoms with Gasteiger partial charge < -0.3 is 19.5 Å². The van der Waals surface area contributed by atoms with E-state index in [1.54, 1.807) is 7.11 Å². The summed E-state index contributed by atoms with van der Waals surface area (Å²) in [4.78, 5) is 2.41. The number of likely N-dealkylation sites (tertiary alicyclic amines) is 1. The highest BCUT2D eigenvalue weighted by molar-refractivity contribution is 5.92. The number of aromatic nitrogens is 1. The fourth-order valence-electron chi connectivity index (χ4n) is 3.30. The van der Waals surface area contributed by atoms with Crippen LogP contribution >= 0.6 is 0 Å². The molecule has 1 fully saturated rings. The summed E-state index contributed by atoms with van der Waals surface area (Å²) in [7, 11) is 3.97. The van der Waals surface area contributed by atoms with Crippen LogP contribution in [0, 0.1) is 0 Å². The van der Waals surface area contributed by atoms with Crippen molar-refractivity contribution in [3.63, 3.8) is 0 Å². The van der Waals surface area contributed by atoms with Gasteiger partial charge >= 0.3 is 0 Å². The summed E-state index contributed by atoms with van der Waals surface area (Å²) in [6.07, 6.45) is 5.69. The Morgan fingerprint density at radius 3 is 2.82 bits per heavy atom. The number of hydrogen-bond acceptors (Lipinski definition) is 3. The minimum atomic E-state index is 0.596.